The van der Waals surface area contributed by atoms with E-state index in [4.69, 9.17) is 21.1 Å². The highest BCUT2D eigenvalue weighted by atomic mass is 35.5. The number of carbonyl (C=O) groups is 2. The monoisotopic (exact) mass is 381 g/mol. The first kappa shape index (κ1) is 20.3. The average molecular weight is 382 g/mol. The fraction of sp³-hybridized carbons (Fsp3) is 0.474. The van der Waals surface area contributed by atoms with Gasteiger partial charge in [-0.2, -0.15) is 0 Å². The fourth-order valence-electron chi connectivity index (χ4n) is 2.66. The number of nitrogens with zero attached hydrogens (tertiary/aromatic N) is 1. The van der Waals surface area contributed by atoms with E-state index in [1.807, 2.05) is 6.92 Å². The molecule has 0 radical (unpaired) electrons. The van der Waals surface area contributed by atoms with Crippen molar-refractivity contribution in [1.82, 2.24) is 4.90 Å². The maximum atomic E-state index is 12.9. The molecule has 2 rings (SSSR count). The number of carboxylic acid groups (broad SMARTS) is 1. The van der Waals surface area contributed by atoms with Gasteiger partial charge in [-0.1, -0.05) is 18.5 Å². The highest BCUT2D eigenvalue weighted by Gasteiger charge is 2.25. The summed E-state index contributed by atoms with van der Waals surface area (Å²) in [4.78, 5) is 25.7. The highest BCUT2D eigenvalue weighted by molar-refractivity contribution is 6.30. The maximum absolute atomic E-state index is 12.9. The molecule has 0 saturated heterocycles. The number of fused-ring (bicyclic) bond motifs is 1. The van der Waals surface area contributed by atoms with Gasteiger partial charge in [0.15, 0.2) is 0 Å². The van der Waals surface area contributed by atoms with E-state index < -0.39 is 11.9 Å². The lowest BCUT2D eigenvalue weighted by molar-refractivity contribution is -0.142. The SMILES string of the molecule is CCOCCCN(CC(C)C(=O)O)C(=O)C1=Cc2cc(Cl)ccc2OC1. The fourth-order valence-corrected chi connectivity index (χ4v) is 2.84. The standard InChI is InChI=1S/C19H24ClNO5/c1-3-25-8-4-7-21(11-13(2)19(23)24)18(22)15-9-14-10-16(20)5-6-17(14)26-12-15/h5-6,9-10,13H,3-4,7-8,11-12H2,1-2H3,(H,23,24). The van der Waals surface area contributed by atoms with E-state index in [0.717, 1.165) is 5.56 Å². The van der Waals surface area contributed by atoms with E-state index in [0.29, 0.717) is 42.5 Å². The Morgan fingerprint density at radius 1 is 1.42 bits per heavy atom. The summed E-state index contributed by atoms with van der Waals surface area (Å²) in [6.07, 6.45) is 2.40. The van der Waals surface area contributed by atoms with Crippen LogP contribution in [0.2, 0.25) is 5.02 Å². The second-order valence-electron chi connectivity index (χ2n) is 6.18. The van der Waals surface area contributed by atoms with Crippen molar-refractivity contribution in [3.05, 3.63) is 34.4 Å². The zero-order valence-corrected chi connectivity index (χ0v) is 15.8. The molecule has 0 aromatic heterocycles. The van der Waals surface area contributed by atoms with E-state index in [2.05, 4.69) is 0 Å². The number of halogens is 1. The lowest BCUT2D eigenvalue weighted by atomic mass is 10.1. The Kier molecular flexibility index (Phi) is 7.48. The molecule has 0 fully saturated rings. The molecule has 0 bridgehead atoms. The third-order valence-electron chi connectivity index (χ3n) is 4.08. The molecule has 6 nitrogen and oxygen atoms in total. The van der Waals surface area contributed by atoms with Crippen LogP contribution in [0.5, 0.6) is 5.75 Å². The third-order valence-corrected chi connectivity index (χ3v) is 4.32. The molecule has 1 heterocycles. The van der Waals surface area contributed by atoms with Crippen LogP contribution in [0.4, 0.5) is 0 Å². The van der Waals surface area contributed by atoms with Crippen LogP contribution in [-0.4, -0.2) is 54.8 Å². The Morgan fingerprint density at radius 3 is 2.88 bits per heavy atom. The van der Waals surface area contributed by atoms with E-state index >= 15 is 0 Å². The molecule has 1 amide bonds. The number of hydrogen-bond donors (Lipinski definition) is 1. The molecule has 0 saturated carbocycles. The molecule has 26 heavy (non-hydrogen) atoms. The van der Waals surface area contributed by atoms with Crippen molar-refractivity contribution in [3.63, 3.8) is 0 Å². The summed E-state index contributed by atoms with van der Waals surface area (Å²) >= 11 is 6.01. The van der Waals surface area contributed by atoms with Crippen LogP contribution in [0.15, 0.2) is 23.8 Å². The largest absolute Gasteiger partial charge is 0.488 e. The number of benzene rings is 1. The van der Waals surface area contributed by atoms with Gasteiger partial charge in [-0.3, -0.25) is 9.59 Å². The van der Waals surface area contributed by atoms with Crippen LogP contribution in [-0.2, 0) is 14.3 Å². The van der Waals surface area contributed by atoms with Gasteiger partial charge in [0.25, 0.3) is 5.91 Å². The van der Waals surface area contributed by atoms with Crippen molar-refractivity contribution >= 4 is 29.6 Å². The topological polar surface area (TPSA) is 76.1 Å². The zero-order valence-electron chi connectivity index (χ0n) is 15.0. The normalized spacial score (nSPS) is 14.0. The summed E-state index contributed by atoms with van der Waals surface area (Å²) in [7, 11) is 0. The van der Waals surface area contributed by atoms with Crippen LogP contribution in [0.1, 0.15) is 25.8 Å². The third kappa shape index (κ3) is 5.47. The Bertz CT molecular complexity index is 689. The molecule has 1 aliphatic rings. The molecule has 1 aromatic carbocycles. The molecule has 0 aliphatic carbocycles. The first-order valence-electron chi connectivity index (χ1n) is 8.65. The van der Waals surface area contributed by atoms with Gasteiger partial charge in [-0.05, 0) is 37.6 Å². The van der Waals surface area contributed by atoms with Crippen LogP contribution in [0, 0.1) is 5.92 Å². The average Bonchev–Trinajstić information content (AvgIpc) is 2.62. The molecule has 1 unspecified atom stereocenters. The number of hydrogen-bond acceptors (Lipinski definition) is 4. The quantitative estimate of drug-likeness (QED) is 0.665. The Morgan fingerprint density at radius 2 is 2.19 bits per heavy atom. The molecule has 1 atom stereocenters. The zero-order chi connectivity index (χ0) is 19.1. The lowest BCUT2D eigenvalue weighted by Crippen LogP contribution is -2.40. The van der Waals surface area contributed by atoms with Crippen molar-refractivity contribution in [1.29, 1.82) is 0 Å². The second kappa shape index (κ2) is 9.59. The first-order valence-corrected chi connectivity index (χ1v) is 9.03. The maximum Gasteiger partial charge on any atom is 0.308 e. The number of aliphatic carboxylic acids is 1. The molecule has 1 N–H and O–H groups in total. The number of carbonyl (C=O) groups excluding carboxylic acids is 1. The van der Waals surface area contributed by atoms with Gasteiger partial charge in [0.1, 0.15) is 12.4 Å². The smallest absolute Gasteiger partial charge is 0.308 e. The molecule has 1 aliphatic heterocycles. The van der Waals surface area contributed by atoms with Crippen molar-refractivity contribution in [2.24, 2.45) is 5.92 Å². The van der Waals surface area contributed by atoms with Crippen molar-refractivity contribution in [2.45, 2.75) is 20.3 Å². The van der Waals surface area contributed by atoms with E-state index in [-0.39, 0.29) is 19.1 Å². The van der Waals surface area contributed by atoms with Gasteiger partial charge in [0.05, 0.1) is 11.5 Å². The van der Waals surface area contributed by atoms with Gasteiger partial charge in [-0.15, -0.1) is 0 Å². The second-order valence-corrected chi connectivity index (χ2v) is 6.62. The minimum absolute atomic E-state index is 0.139. The Balaban J connectivity index is 2.14. The van der Waals surface area contributed by atoms with Crippen molar-refractivity contribution in [2.75, 3.05) is 32.9 Å². The number of amides is 1. The van der Waals surface area contributed by atoms with Gasteiger partial charge in [0.2, 0.25) is 0 Å². The van der Waals surface area contributed by atoms with Crippen LogP contribution in [0.3, 0.4) is 0 Å². The molecular formula is C19H24ClNO5. The first-order chi connectivity index (χ1) is 12.4. The Labute approximate surface area is 158 Å². The number of ether oxygens (including phenoxy) is 2. The minimum Gasteiger partial charge on any atom is -0.488 e. The van der Waals surface area contributed by atoms with Gasteiger partial charge < -0.3 is 19.5 Å². The minimum atomic E-state index is -0.932. The molecule has 7 heteroatoms. The summed E-state index contributed by atoms with van der Waals surface area (Å²) < 4.78 is 11.0. The van der Waals surface area contributed by atoms with E-state index in [9.17, 15) is 14.7 Å². The Hall–Kier alpha value is -2.05. The van der Waals surface area contributed by atoms with Gasteiger partial charge in [-0.25, -0.2) is 0 Å². The summed E-state index contributed by atoms with van der Waals surface area (Å²) in [6, 6.07) is 5.24. The summed E-state index contributed by atoms with van der Waals surface area (Å²) in [5.74, 6) is -1.13. The van der Waals surface area contributed by atoms with Gasteiger partial charge >= 0.3 is 5.97 Å². The molecular weight excluding hydrogens is 358 g/mol. The van der Waals surface area contributed by atoms with Crippen LogP contribution in [0.25, 0.3) is 6.08 Å². The lowest BCUT2D eigenvalue weighted by Gasteiger charge is -2.27. The van der Waals surface area contributed by atoms with Crippen LogP contribution < -0.4 is 4.74 Å². The van der Waals surface area contributed by atoms with Crippen molar-refractivity contribution in [3.8, 4) is 5.75 Å². The van der Waals surface area contributed by atoms with E-state index in [1.165, 1.54) is 0 Å². The summed E-state index contributed by atoms with van der Waals surface area (Å²) in [5.41, 5.74) is 1.22. The number of rotatable bonds is 9. The highest BCUT2D eigenvalue weighted by Crippen LogP contribution is 2.29. The molecule has 0 spiro atoms. The van der Waals surface area contributed by atoms with Crippen LogP contribution >= 0.6 is 11.6 Å². The molecule has 1 aromatic rings. The van der Waals surface area contributed by atoms with Crippen molar-refractivity contribution < 1.29 is 24.2 Å². The summed E-state index contributed by atoms with van der Waals surface area (Å²) in [5, 5.41) is 9.74. The van der Waals surface area contributed by atoms with Gasteiger partial charge in [0, 0.05) is 36.9 Å². The predicted molar refractivity (Wildman–Crippen MR) is 99.4 cm³/mol. The van der Waals surface area contributed by atoms with E-state index in [1.54, 1.807) is 36.1 Å². The molecule has 142 valence electrons. The summed E-state index contributed by atoms with van der Waals surface area (Å²) in [6.45, 7) is 5.34. The predicted octanol–water partition coefficient (Wildman–Crippen LogP) is 3.09. The number of carboxylic acids is 1.